The van der Waals surface area contributed by atoms with Crippen molar-refractivity contribution >= 4 is 11.6 Å². The number of para-hydroxylation sites is 2. The molecule has 2 aromatic carbocycles. The van der Waals surface area contributed by atoms with E-state index in [0.29, 0.717) is 18.0 Å². The molecular formula is C17H13F2NO3. The van der Waals surface area contributed by atoms with Crippen LogP contribution in [0.3, 0.4) is 0 Å². The summed E-state index contributed by atoms with van der Waals surface area (Å²) in [6.45, 7) is 0.340. The lowest BCUT2D eigenvalue weighted by atomic mass is 10.1. The van der Waals surface area contributed by atoms with E-state index in [1.807, 2.05) is 6.07 Å². The third-order valence-corrected chi connectivity index (χ3v) is 4.25. The first-order valence-corrected chi connectivity index (χ1v) is 7.27. The summed E-state index contributed by atoms with van der Waals surface area (Å²) in [7, 11) is 0. The molecule has 0 radical (unpaired) electrons. The number of benzene rings is 2. The molecule has 1 heterocycles. The Morgan fingerprint density at radius 2 is 1.83 bits per heavy atom. The van der Waals surface area contributed by atoms with Crippen molar-refractivity contribution in [3.63, 3.8) is 0 Å². The highest BCUT2D eigenvalue weighted by atomic mass is 19.1. The average Bonchev–Trinajstić information content (AvgIpc) is 3.29. The molecule has 1 aliphatic carbocycles. The van der Waals surface area contributed by atoms with Crippen LogP contribution in [0.25, 0.3) is 0 Å². The van der Waals surface area contributed by atoms with Crippen molar-refractivity contribution in [1.82, 2.24) is 0 Å². The molecule has 1 saturated carbocycles. The van der Waals surface area contributed by atoms with Crippen molar-refractivity contribution in [2.75, 3.05) is 11.4 Å². The van der Waals surface area contributed by atoms with Crippen LogP contribution in [0, 0.1) is 11.6 Å². The number of hydrogen-bond acceptors (Lipinski definition) is 3. The molecule has 2 aliphatic rings. The second kappa shape index (κ2) is 4.68. The summed E-state index contributed by atoms with van der Waals surface area (Å²) in [5, 5.41) is 9.18. The molecule has 1 fully saturated rings. The number of phenolic OH excluding ortho intramolecular Hbond substituents is 1. The molecule has 0 aromatic heterocycles. The average molecular weight is 317 g/mol. The smallest absolute Gasteiger partial charge is 0.258 e. The van der Waals surface area contributed by atoms with Gasteiger partial charge in [-0.15, -0.1) is 0 Å². The van der Waals surface area contributed by atoms with Gasteiger partial charge in [0, 0.05) is 5.56 Å². The number of phenols is 1. The fraction of sp³-hybridized carbons (Fsp3) is 0.235. The van der Waals surface area contributed by atoms with E-state index < -0.39 is 28.9 Å². The SMILES string of the molecule is O=C(c1cc(F)c(O)c(F)c1)N1CC2(CC2)Oc2ccccc21. The maximum atomic E-state index is 13.5. The molecule has 6 heteroatoms. The number of anilines is 1. The normalized spacial score (nSPS) is 17.6. The molecule has 23 heavy (non-hydrogen) atoms. The van der Waals surface area contributed by atoms with Gasteiger partial charge in [-0.2, -0.15) is 0 Å². The molecule has 1 N–H and O–H groups in total. The van der Waals surface area contributed by atoms with Crippen molar-refractivity contribution in [3.8, 4) is 11.5 Å². The minimum Gasteiger partial charge on any atom is -0.503 e. The van der Waals surface area contributed by atoms with E-state index in [1.54, 1.807) is 18.2 Å². The van der Waals surface area contributed by atoms with Crippen molar-refractivity contribution in [3.05, 3.63) is 53.6 Å². The largest absolute Gasteiger partial charge is 0.503 e. The summed E-state index contributed by atoms with van der Waals surface area (Å²) in [5.41, 5.74) is 0.0344. The highest BCUT2D eigenvalue weighted by molar-refractivity contribution is 6.07. The number of nitrogens with zero attached hydrogens (tertiary/aromatic N) is 1. The Labute approximate surface area is 130 Å². The van der Waals surface area contributed by atoms with E-state index in [-0.39, 0.29) is 5.56 Å². The molecule has 1 spiro atoms. The molecular weight excluding hydrogens is 304 g/mol. The number of halogens is 2. The third-order valence-electron chi connectivity index (χ3n) is 4.25. The minimum atomic E-state index is -1.16. The highest BCUT2D eigenvalue weighted by Gasteiger charge is 2.51. The number of fused-ring (bicyclic) bond motifs is 1. The van der Waals surface area contributed by atoms with Gasteiger partial charge in [-0.25, -0.2) is 8.78 Å². The van der Waals surface area contributed by atoms with Crippen LogP contribution in [-0.4, -0.2) is 23.2 Å². The number of amides is 1. The van der Waals surface area contributed by atoms with Crippen molar-refractivity contribution in [2.24, 2.45) is 0 Å². The first-order chi connectivity index (χ1) is 11.0. The molecule has 0 atom stereocenters. The lowest BCUT2D eigenvalue weighted by Crippen LogP contribution is -2.45. The minimum absolute atomic E-state index is 0.148. The second-order valence-corrected chi connectivity index (χ2v) is 5.93. The van der Waals surface area contributed by atoms with Crippen molar-refractivity contribution < 1.29 is 23.4 Å². The summed E-state index contributed by atoms with van der Waals surface area (Å²) in [6, 6.07) is 8.77. The maximum absolute atomic E-state index is 13.5. The van der Waals surface area contributed by atoms with Gasteiger partial charge < -0.3 is 14.7 Å². The number of carbonyl (C=O) groups is 1. The number of hydrogen-bond donors (Lipinski definition) is 1. The zero-order valence-electron chi connectivity index (χ0n) is 12.1. The Morgan fingerprint density at radius 1 is 1.17 bits per heavy atom. The maximum Gasteiger partial charge on any atom is 0.258 e. The molecule has 0 unspecified atom stereocenters. The Hall–Kier alpha value is -2.63. The van der Waals surface area contributed by atoms with Crippen molar-refractivity contribution in [2.45, 2.75) is 18.4 Å². The standard InChI is InChI=1S/C17H13F2NO3/c18-11-7-10(8-12(19)15(11)21)16(22)20-9-17(5-6-17)23-14-4-2-1-3-13(14)20/h1-4,7-8,21H,5-6,9H2. The number of carbonyl (C=O) groups excluding carboxylic acids is 1. The summed E-state index contributed by atoms with van der Waals surface area (Å²) in [5.74, 6) is -3.33. The number of aromatic hydroxyl groups is 1. The Morgan fingerprint density at radius 3 is 2.48 bits per heavy atom. The van der Waals surface area contributed by atoms with Crippen LogP contribution < -0.4 is 9.64 Å². The van der Waals surface area contributed by atoms with Gasteiger partial charge in [0.25, 0.3) is 5.91 Å². The summed E-state index contributed by atoms with van der Waals surface area (Å²) in [4.78, 5) is 14.2. The lowest BCUT2D eigenvalue weighted by molar-refractivity contribution is 0.0942. The van der Waals surface area contributed by atoms with Crippen LogP contribution in [0.1, 0.15) is 23.2 Å². The molecule has 0 saturated heterocycles. The Balaban J connectivity index is 1.76. The fourth-order valence-electron chi connectivity index (χ4n) is 2.83. The first-order valence-electron chi connectivity index (χ1n) is 7.27. The topological polar surface area (TPSA) is 49.8 Å². The van der Waals surface area contributed by atoms with Gasteiger partial charge in [-0.1, -0.05) is 12.1 Å². The lowest BCUT2D eigenvalue weighted by Gasteiger charge is -2.35. The second-order valence-electron chi connectivity index (χ2n) is 5.93. The van der Waals surface area contributed by atoms with E-state index in [9.17, 15) is 18.7 Å². The molecule has 0 bridgehead atoms. The predicted molar refractivity (Wildman–Crippen MR) is 78.7 cm³/mol. The van der Waals surface area contributed by atoms with Gasteiger partial charge >= 0.3 is 0 Å². The van der Waals surface area contributed by atoms with Crippen LogP contribution in [0.5, 0.6) is 11.5 Å². The van der Waals surface area contributed by atoms with Gasteiger partial charge in [0.1, 0.15) is 11.4 Å². The quantitative estimate of drug-likeness (QED) is 0.878. The molecule has 1 aliphatic heterocycles. The number of rotatable bonds is 1. The van der Waals surface area contributed by atoms with Gasteiger partial charge in [-0.3, -0.25) is 4.79 Å². The molecule has 1 amide bonds. The van der Waals surface area contributed by atoms with Crippen molar-refractivity contribution in [1.29, 1.82) is 0 Å². The molecule has 4 nitrogen and oxygen atoms in total. The van der Waals surface area contributed by atoms with Crippen LogP contribution >= 0.6 is 0 Å². The number of ether oxygens (including phenoxy) is 1. The van der Waals surface area contributed by atoms with Gasteiger partial charge in [0.2, 0.25) is 0 Å². The Kier molecular flexibility index (Phi) is 2.85. The molecule has 2 aromatic rings. The van der Waals surface area contributed by atoms with E-state index >= 15 is 0 Å². The monoisotopic (exact) mass is 317 g/mol. The highest BCUT2D eigenvalue weighted by Crippen LogP contribution is 2.48. The predicted octanol–water partition coefficient (Wildman–Crippen LogP) is 3.24. The van der Waals surface area contributed by atoms with E-state index in [1.165, 1.54) is 4.90 Å². The van der Waals surface area contributed by atoms with Gasteiger partial charge in [-0.05, 0) is 37.1 Å². The molecule has 118 valence electrons. The van der Waals surface area contributed by atoms with E-state index in [2.05, 4.69) is 0 Å². The third kappa shape index (κ3) is 2.21. The fourth-order valence-corrected chi connectivity index (χ4v) is 2.83. The van der Waals surface area contributed by atoms with Crippen LogP contribution in [0.15, 0.2) is 36.4 Å². The van der Waals surface area contributed by atoms with E-state index in [4.69, 9.17) is 4.74 Å². The molecule has 4 rings (SSSR count). The zero-order valence-corrected chi connectivity index (χ0v) is 12.1. The van der Waals surface area contributed by atoms with Gasteiger partial charge in [0.05, 0.1) is 12.2 Å². The van der Waals surface area contributed by atoms with E-state index in [0.717, 1.165) is 25.0 Å². The summed E-state index contributed by atoms with van der Waals surface area (Å²) in [6.07, 6.45) is 1.67. The Bertz CT molecular complexity index is 794. The summed E-state index contributed by atoms with van der Waals surface area (Å²) >= 11 is 0. The van der Waals surface area contributed by atoms with Crippen LogP contribution in [-0.2, 0) is 0 Å². The van der Waals surface area contributed by atoms with Crippen LogP contribution in [0.2, 0.25) is 0 Å². The van der Waals surface area contributed by atoms with Crippen LogP contribution in [0.4, 0.5) is 14.5 Å². The van der Waals surface area contributed by atoms with Gasteiger partial charge in [0.15, 0.2) is 17.4 Å². The first kappa shape index (κ1) is 14.0. The zero-order chi connectivity index (χ0) is 16.2. The summed E-state index contributed by atoms with van der Waals surface area (Å²) < 4.78 is 33.0.